The van der Waals surface area contributed by atoms with Crippen molar-refractivity contribution >= 4 is 32.9 Å². The minimum atomic E-state index is 0.991. The lowest BCUT2D eigenvalue weighted by molar-refractivity contribution is 0.969. The number of hydrogen-bond donors (Lipinski definition) is 0. The average molecular weight is 391 g/mol. The summed E-state index contributed by atoms with van der Waals surface area (Å²) in [6.45, 7) is 22.5. The monoisotopic (exact) mass is 390 g/mol. The van der Waals surface area contributed by atoms with Crippen LogP contribution in [0.5, 0.6) is 0 Å². The van der Waals surface area contributed by atoms with Crippen LogP contribution < -0.4 is 9.80 Å². The summed E-state index contributed by atoms with van der Waals surface area (Å²) in [5, 5.41) is 5.68. The van der Waals surface area contributed by atoms with E-state index in [1.807, 2.05) is 0 Å². The third kappa shape index (κ3) is 2.99. The minimum absolute atomic E-state index is 0.991. The number of fused-ring (bicyclic) bond motifs is 2. The Morgan fingerprint density at radius 3 is 1.45 bits per heavy atom. The SMILES string of the molecule is CCN(C)c1c2cc(C)c(C)c(C)c2c(N(C)CC)c2c(C)c(C)c(C)c(C)c12. The van der Waals surface area contributed by atoms with Crippen molar-refractivity contribution in [3.05, 3.63) is 45.0 Å². The van der Waals surface area contributed by atoms with Crippen molar-refractivity contribution in [3.8, 4) is 0 Å². The molecule has 0 atom stereocenters. The summed E-state index contributed by atoms with van der Waals surface area (Å²) in [5.41, 5.74) is 12.7. The fourth-order valence-corrected chi connectivity index (χ4v) is 4.83. The van der Waals surface area contributed by atoms with E-state index in [2.05, 4.69) is 92.3 Å². The molecule has 0 aliphatic heterocycles. The van der Waals surface area contributed by atoms with E-state index in [0.29, 0.717) is 0 Å². The summed E-state index contributed by atoms with van der Waals surface area (Å²) < 4.78 is 0. The third-order valence-corrected chi connectivity index (χ3v) is 7.52. The molecule has 0 heterocycles. The molecule has 0 aliphatic carbocycles. The molecule has 2 nitrogen and oxygen atoms in total. The molecule has 0 unspecified atom stereocenters. The summed E-state index contributed by atoms with van der Waals surface area (Å²) in [6.07, 6.45) is 0. The zero-order chi connectivity index (χ0) is 21.8. The highest BCUT2D eigenvalue weighted by atomic mass is 15.1. The van der Waals surface area contributed by atoms with Crippen LogP contribution in [-0.4, -0.2) is 27.2 Å². The second kappa shape index (κ2) is 7.55. The maximum Gasteiger partial charge on any atom is 0.0530 e. The highest BCUT2D eigenvalue weighted by Crippen LogP contribution is 2.48. The molecular weight excluding hydrogens is 352 g/mol. The number of rotatable bonds is 4. The Morgan fingerprint density at radius 1 is 0.552 bits per heavy atom. The number of aryl methyl sites for hydroxylation is 4. The molecule has 0 spiro atoms. The van der Waals surface area contributed by atoms with Gasteiger partial charge >= 0.3 is 0 Å². The zero-order valence-electron chi connectivity index (χ0n) is 20.4. The molecule has 0 bridgehead atoms. The van der Waals surface area contributed by atoms with E-state index < -0.39 is 0 Å². The van der Waals surface area contributed by atoms with E-state index in [9.17, 15) is 0 Å². The molecule has 0 saturated heterocycles. The highest BCUT2D eigenvalue weighted by molar-refractivity contribution is 6.23. The standard InChI is InChI=1S/C27H38N2/c1-12-28(10)26-22-14-15(3)16(4)19(7)23(22)27(29(11)13-2)25-21(9)18(6)17(5)20(8)24(25)26/h14H,12-13H2,1-11H3. The van der Waals surface area contributed by atoms with Gasteiger partial charge in [-0.2, -0.15) is 0 Å². The summed E-state index contributed by atoms with van der Waals surface area (Å²) in [7, 11) is 4.49. The van der Waals surface area contributed by atoms with Gasteiger partial charge in [-0.05, 0) is 107 Å². The first kappa shape index (κ1) is 21.5. The number of hydrogen-bond acceptors (Lipinski definition) is 2. The third-order valence-electron chi connectivity index (χ3n) is 7.52. The maximum atomic E-state index is 2.45. The Balaban J connectivity index is 2.84. The fourth-order valence-electron chi connectivity index (χ4n) is 4.83. The minimum Gasteiger partial charge on any atom is -0.374 e. The molecule has 3 rings (SSSR count). The van der Waals surface area contributed by atoms with Crippen LogP contribution in [0.4, 0.5) is 11.4 Å². The Kier molecular flexibility index (Phi) is 5.60. The largest absolute Gasteiger partial charge is 0.374 e. The van der Waals surface area contributed by atoms with Crippen molar-refractivity contribution in [1.82, 2.24) is 0 Å². The molecule has 2 heteroatoms. The average Bonchev–Trinajstić information content (AvgIpc) is 2.71. The van der Waals surface area contributed by atoms with Crippen LogP contribution in [0.3, 0.4) is 0 Å². The molecule has 3 aromatic rings. The highest BCUT2D eigenvalue weighted by Gasteiger charge is 2.24. The molecule has 29 heavy (non-hydrogen) atoms. The first-order chi connectivity index (χ1) is 13.6. The molecule has 156 valence electrons. The lowest BCUT2D eigenvalue weighted by Crippen LogP contribution is -2.21. The van der Waals surface area contributed by atoms with Crippen LogP contribution in [0.25, 0.3) is 21.5 Å². The van der Waals surface area contributed by atoms with Crippen LogP contribution in [0.2, 0.25) is 0 Å². The van der Waals surface area contributed by atoms with Gasteiger partial charge < -0.3 is 9.80 Å². The molecule has 0 aromatic heterocycles. The van der Waals surface area contributed by atoms with Gasteiger partial charge in [0.15, 0.2) is 0 Å². The molecule has 0 aliphatic rings. The van der Waals surface area contributed by atoms with Gasteiger partial charge in [-0.1, -0.05) is 0 Å². The summed E-state index contributed by atoms with van der Waals surface area (Å²) in [6, 6.07) is 2.43. The van der Waals surface area contributed by atoms with Gasteiger partial charge in [0.05, 0.1) is 11.4 Å². The Labute approximate surface area is 177 Å². The van der Waals surface area contributed by atoms with Crippen molar-refractivity contribution in [2.24, 2.45) is 0 Å². The number of nitrogens with zero attached hydrogens (tertiary/aromatic N) is 2. The van der Waals surface area contributed by atoms with E-state index >= 15 is 0 Å². The number of anilines is 2. The Hall–Kier alpha value is -2.22. The van der Waals surface area contributed by atoms with E-state index in [4.69, 9.17) is 0 Å². The lowest BCUT2D eigenvalue weighted by atomic mass is 9.84. The van der Waals surface area contributed by atoms with Gasteiger partial charge in [0.2, 0.25) is 0 Å². The van der Waals surface area contributed by atoms with Crippen molar-refractivity contribution in [3.63, 3.8) is 0 Å². The second-order valence-electron chi connectivity index (χ2n) is 8.84. The second-order valence-corrected chi connectivity index (χ2v) is 8.84. The van der Waals surface area contributed by atoms with Crippen molar-refractivity contribution in [2.45, 2.75) is 62.3 Å². The first-order valence-corrected chi connectivity index (χ1v) is 11.0. The maximum absolute atomic E-state index is 2.45. The summed E-state index contributed by atoms with van der Waals surface area (Å²) >= 11 is 0. The molecule has 0 amide bonds. The van der Waals surface area contributed by atoms with Gasteiger partial charge in [-0.3, -0.25) is 0 Å². The van der Waals surface area contributed by atoms with E-state index in [1.165, 1.54) is 71.9 Å². The molecule has 3 aromatic carbocycles. The van der Waals surface area contributed by atoms with Crippen LogP contribution >= 0.6 is 0 Å². The van der Waals surface area contributed by atoms with Gasteiger partial charge in [-0.15, -0.1) is 0 Å². The molecule has 0 fully saturated rings. The van der Waals surface area contributed by atoms with Crippen LogP contribution in [-0.2, 0) is 0 Å². The molecule has 0 N–H and O–H groups in total. The van der Waals surface area contributed by atoms with Gasteiger partial charge in [0.25, 0.3) is 0 Å². The topological polar surface area (TPSA) is 6.48 Å². The zero-order valence-corrected chi connectivity index (χ0v) is 20.4. The van der Waals surface area contributed by atoms with Crippen molar-refractivity contribution in [1.29, 1.82) is 0 Å². The van der Waals surface area contributed by atoms with E-state index in [-0.39, 0.29) is 0 Å². The van der Waals surface area contributed by atoms with Crippen molar-refractivity contribution in [2.75, 3.05) is 37.0 Å². The fraction of sp³-hybridized carbons (Fsp3) is 0.481. The summed E-state index contributed by atoms with van der Waals surface area (Å²) in [4.78, 5) is 4.89. The van der Waals surface area contributed by atoms with E-state index in [0.717, 1.165) is 13.1 Å². The predicted molar refractivity (Wildman–Crippen MR) is 133 cm³/mol. The van der Waals surface area contributed by atoms with Crippen LogP contribution in [0, 0.1) is 48.5 Å². The smallest absolute Gasteiger partial charge is 0.0530 e. The van der Waals surface area contributed by atoms with Gasteiger partial charge in [0.1, 0.15) is 0 Å². The van der Waals surface area contributed by atoms with Gasteiger partial charge in [-0.25, -0.2) is 0 Å². The molecule has 0 radical (unpaired) electrons. The van der Waals surface area contributed by atoms with Crippen LogP contribution in [0.1, 0.15) is 52.8 Å². The molecule has 0 saturated carbocycles. The summed E-state index contributed by atoms with van der Waals surface area (Å²) in [5.74, 6) is 0. The molecular formula is C27H38N2. The first-order valence-electron chi connectivity index (χ1n) is 11.0. The number of benzene rings is 3. The Bertz CT molecular complexity index is 1120. The predicted octanol–water partition coefficient (Wildman–Crippen LogP) is 7.06. The Morgan fingerprint density at radius 2 is 0.966 bits per heavy atom. The normalized spacial score (nSPS) is 11.6. The van der Waals surface area contributed by atoms with Crippen molar-refractivity contribution < 1.29 is 0 Å². The van der Waals surface area contributed by atoms with Crippen LogP contribution in [0.15, 0.2) is 6.07 Å². The van der Waals surface area contributed by atoms with Gasteiger partial charge in [0, 0.05) is 48.7 Å². The van der Waals surface area contributed by atoms with E-state index in [1.54, 1.807) is 0 Å². The lowest BCUT2D eigenvalue weighted by Gasteiger charge is -2.32. The quantitative estimate of drug-likeness (QED) is 0.347.